The average Bonchev–Trinajstić information content (AvgIpc) is 2.28. The van der Waals surface area contributed by atoms with E-state index in [1.807, 2.05) is 6.92 Å². The van der Waals surface area contributed by atoms with Gasteiger partial charge in [0.15, 0.2) is 0 Å². The van der Waals surface area contributed by atoms with Crippen LogP contribution in [0.2, 0.25) is 0 Å². The zero-order valence-electron chi connectivity index (χ0n) is 6.66. The number of nitrogens with zero attached hydrogens (tertiary/aromatic N) is 1. The van der Waals surface area contributed by atoms with Gasteiger partial charge in [-0.3, -0.25) is 9.78 Å². The number of fused-ring (bicyclic) bond motifs is 1. The summed E-state index contributed by atoms with van der Waals surface area (Å²) >= 11 is 0. The van der Waals surface area contributed by atoms with Crippen molar-refractivity contribution in [3.05, 3.63) is 29.1 Å². The fourth-order valence-electron chi connectivity index (χ4n) is 1.31. The summed E-state index contributed by atoms with van der Waals surface area (Å²) in [6.45, 7) is 1.84. The number of carbonyl (C=O) groups is 1. The molecule has 0 saturated heterocycles. The zero-order chi connectivity index (χ0) is 8.72. The lowest BCUT2D eigenvalue weighted by Gasteiger charge is -2.01. The van der Waals surface area contributed by atoms with Gasteiger partial charge in [-0.1, -0.05) is 0 Å². The Morgan fingerprint density at radius 1 is 1.67 bits per heavy atom. The number of carbonyl (C=O) groups excluding carboxylic acids is 1. The van der Waals surface area contributed by atoms with E-state index >= 15 is 0 Å². The molecule has 0 saturated carbocycles. The van der Waals surface area contributed by atoms with Crippen molar-refractivity contribution in [1.82, 2.24) is 10.3 Å². The monoisotopic (exact) mass is 163 g/mol. The molecule has 0 aliphatic carbocycles. The first-order chi connectivity index (χ1) is 5.68. The zero-order valence-corrected chi connectivity index (χ0v) is 6.66. The van der Waals surface area contributed by atoms with E-state index in [4.69, 9.17) is 5.73 Å². The normalized spacial score (nSPS) is 20.5. The molecule has 4 nitrogen and oxygen atoms in total. The molecule has 2 heterocycles. The molecule has 62 valence electrons. The number of nitrogens with one attached hydrogen (secondary N) is 1. The maximum absolute atomic E-state index is 11.2. The number of aromatic nitrogens is 1. The van der Waals surface area contributed by atoms with Crippen molar-refractivity contribution in [2.45, 2.75) is 13.1 Å². The molecule has 0 aromatic carbocycles. The van der Waals surface area contributed by atoms with Crippen LogP contribution in [0.4, 0.5) is 0 Å². The van der Waals surface area contributed by atoms with Crippen molar-refractivity contribution < 1.29 is 4.79 Å². The summed E-state index contributed by atoms with van der Waals surface area (Å²) in [6.07, 6.45) is 1.26. The van der Waals surface area contributed by atoms with E-state index in [1.54, 1.807) is 12.3 Å². The van der Waals surface area contributed by atoms with Crippen LogP contribution in [0.15, 0.2) is 12.3 Å². The van der Waals surface area contributed by atoms with Gasteiger partial charge in [0.1, 0.15) is 6.17 Å². The molecular formula is C8H9N3O. The number of aryl methyl sites for hydroxylation is 1. The first kappa shape index (κ1) is 7.24. The topological polar surface area (TPSA) is 68.0 Å². The Hall–Kier alpha value is -1.42. The van der Waals surface area contributed by atoms with E-state index in [0.717, 1.165) is 11.3 Å². The van der Waals surface area contributed by atoms with Gasteiger partial charge in [0.2, 0.25) is 0 Å². The number of hydrogen-bond donors (Lipinski definition) is 2. The van der Waals surface area contributed by atoms with E-state index in [1.165, 1.54) is 0 Å². The average molecular weight is 163 g/mol. The third kappa shape index (κ3) is 0.887. The predicted molar refractivity (Wildman–Crippen MR) is 43.4 cm³/mol. The first-order valence-electron chi connectivity index (χ1n) is 3.71. The van der Waals surface area contributed by atoms with Crippen LogP contribution in [0, 0.1) is 6.92 Å². The lowest BCUT2D eigenvalue weighted by molar-refractivity contribution is 0.0957. The molecule has 1 aliphatic rings. The van der Waals surface area contributed by atoms with E-state index in [9.17, 15) is 4.79 Å². The Kier molecular flexibility index (Phi) is 1.38. The molecule has 1 aromatic rings. The fourth-order valence-corrected chi connectivity index (χ4v) is 1.31. The second-order valence-electron chi connectivity index (χ2n) is 2.86. The van der Waals surface area contributed by atoms with Crippen molar-refractivity contribution in [3.8, 4) is 0 Å². The quantitative estimate of drug-likeness (QED) is 0.569. The highest BCUT2D eigenvalue weighted by Crippen LogP contribution is 2.20. The van der Waals surface area contributed by atoms with Crippen LogP contribution in [-0.2, 0) is 0 Å². The van der Waals surface area contributed by atoms with Gasteiger partial charge in [-0.15, -0.1) is 0 Å². The molecule has 1 amide bonds. The van der Waals surface area contributed by atoms with E-state index in [2.05, 4.69) is 10.3 Å². The van der Waals surface area contributed by atoms with Crippen LogP contribution in [0.25, 0.3) is 0 Å². The number of nitrogens with two attached hydrogens (primary N) is 1. The van der Waals surface area contributed by atoms with Crippen LogP contribution < -0.4 is 11.1 Å². The first-order valence-corrected chi connectivity index (χ1v) is 3.71. The van der Waals surface area contributed by atoms with Crippen LogP contribution in [0.1, 0.15) is 27.8 Å². The van der Waals surface area contributed by atoms with Gasteiger partial charge >= 0.3 is 0 Å². The molecule has 3 N–H and O–H groups in total. The van der Waals surface area contributed by atoms with Crippen molar-refractivity contribution in [2.75, 3.05) is 0 Å². The van der Waals surface area contributed by atoms with Crippen molar-refractivity contribution in [2.24, 2.45) is 5.73 Å². The van der Waals surface area contributed by atoms with Crippen LogP contribution in [0.5, 0.6) is 0 Å². The Balaban J connectivity index is 2.60. The molecule has 0 spiro atoms. The van der Waals surface area contributed by atoms with Gasteiger partial charge in [0, 0.05) is 23.0 Å². The highest BCUT2D eigenvalue weighted by Gasteiger charge is 2.25. The smallest absolute Gasteiger partial charge is 0.253 e. The van der Waals surface area contributed by atoms with Crippen LogP contribution >= 0.6 is 0 Å². The Labute approximate surface area is 69.8 Å². The summed E-state index contributed by atoms with van der Waals surface area (Å²) in [6, 6.07) is 1.75. The number of amides is 1. The van der Waals surface area contributed by atoms with Crippen LogP contribution in [-0.4, -0.2) is 10.9 Å². The molecule has 0 fully saturated rings. The Bertz CT molecular complexity index is 348. The summed E-state index contributed by atoms with van der Waals surface area (Å²) in [7, 11) is 0. The Morgan fingerprint density at radius 2 is 2.42 bits per heavy atom. The van der Waals surface area contributed by atoms with E-state index in [-0.39, 0.29) is 12.1 Å². The standard InChI is InChI=1S/C8H9N3O/c1-4-2-5-6(3-10-4)7(9)11-8(5)12/h2-3,7H,9H2,1H3,(H,11,12). The summed E-state index contributed by atoms with van der Waals surface area (Å²) in [4.78, 5) is 15.3. The SMILES string of the molecule is Cc1cc2c(cn1)C(N)NC2=O. The number of pyridine rings is 1. The molecule has 1 aromatic heterocycles. The molecule has 2 rings (SSSR count). The summed E-state index contributed by atoms with van der Waals surface area (Å²) in [5, 5.41) is 2.61. The molecule has 0 radical (unpaired) electrons. The van der Waals surface area contributed by atoms with Crippen molar-refractivity contribution >= 4 is 5.91 Å². The Morgan fingerprint density at radius 3 is 3.17 bits per heavy atom. The molecule has 0 bridgehead atoms. The molecule has 4 heteroatoms. The second-order valence-corrected chi connectivity index (χ2v) is 2.86. The maximum Gasteiger partial charge on any atom is 0.253 e. The van der Waals surface area contributed by atoms with E-state index < -0.39 is 0 Å². The number of hydrogen-bond acceptors (Lipinski definition) is 3. The molecular weight excluding hydrogens is 154 g/mol. The minimum atomic E-state index is -0.388. The minimum Gasteiger partial charge on any atom is -0.333 e. The van der Waals surface area contributed by atoms with Crippen LogP contribution in [0.3, 0.4) is 0 Å². The van der Waals surface area contributed by atoms with Gasteiger partial charge in [0.05, 0.1) is 0 Å². The van der Waals surface area contributed by atoms with Gasteiger partial charge in [-0.2, -0.15) is 0 Å². The maximum atomic E-state index is 11.2. The van der Waals surface area contributed by atoms with E-state index in [0.29, 0.717) is 5.56 Å². The van der Waals surface area contributed by atoms with Gasteiger partial charge in [-0.25, -0.2) is 0 Å². The molecule has 1 aliphatic heterocycles. The summed E-state index contributed by atoms with van der Waals surface area (Å²) in [5.41, 5.74) is 7.88. The minimum absolute atomic E-state index is 0.108. The lowest BCUT2D eigenvalue weighted by Crippen LogP contribution is -2.25. The highest BCUT2D eigenvalue weighted by atomic mass is 16.2. The summed E-state index contributed by atoms with van der Waals surface area (Å²) < 4.78 is 0. The van der Waals surface area contributed by atoms with Crippen molar-refractivity contribution in [1.29, 1.82) is 0 Å². The van der Waals surface area contributed by atoms with Gasteiger partial charge in [0.25, 0.3) is 5.91 Å². The largest absolute Gasteiger partial charge is 0.333 e. The second kappa shape index (κ2) is 2.28. The molecule has 12 heavy (non-hydrogen) atoms. The lowest BCUT2D eigenvalue weighted by atomic mass is 10.1. The third-order valence-corrected chi connectivity index (χ3v) is 1.94. The van der Waals surface area contributed by atoms with Gasteiger partial charge in [-0.05, 0) is 13.0 Å². The molecule has 1 atom stereocenters. The fraction of sp³-hybridized carbons (Fsp3) is 0.250. The highest BCUT2D eigenvalue weighted by molar-refractivity contribution is 5.98. The third-order valence-electron chi connectivity index (χ3n) is 1.94. The van der Waals surface area contributed by atoms with Crippen molar-refractivity contribution in [3.63, 3.8) is 0 Å². The molecule has 1 unspecified atom stereocenters. The summed E-state index contributed by atoms with van der Waals surface area (Å²) in [5.74, 6) is -0.108. The van der Waals surface area contributed by atoms with Gasteiger partial charge < -0.3 is 11.1 Å². The predicted octanol–water partition coefficient (Wildman–Crippen LogP) is 0.0907. The number of rotatable bonds is 0.